The first-order chi connectivity index (χ1) is 9.43. The second kappa shape index (κ2) is 8.11. The molecule has 1 aromatic rings. The summed E-state index contributed by atoms with van der Waals surface area (Å²) in [7, 11) is 0. The summed E-state index contributed by atoms with van der Waals surface area (Å²) in [6, 6.07) is 4.49. The third kappa shape index (κ3) is 5.38. The summed E-state index contributed by atoms with van der Waals surface area (Å²) >= 11 is 9.24. The zero-order valence-corrected chi connectivity index (χ0v) is 13.5. The zero-order valence-electron chi connectivity index (χ0n) is 11.2. The number of benzene rings is 1. The standard InChI is InChI=1S/C13H16BrClN2O3/c1-3-16-13(19)8(2)17-12(18)7-20-11-5-4-9(14)6-10(11)15/h4-6,8H,3,7H2,1-2H3,(H,16,19)(H,17,18)/t8-/m0/s1. The van der Waals surface area contributed by atoms with Gasteiger partial charge in [0.2, 0.25) is 5.91 Å². The van der Waals surface area contributed by atoms with E-state index in [1.165, 1.54) is 0 Å². The quantitative estimate of drug-likeness (QED) is 0.813. The Kier molecular flexibility index (Phi) is 6.81. The fraction of sp³-hybridized carbons (Fsp3) is 0.385. The number of halogens is 2. The Labute approximate surface area is 131 Å². The lowest BCUT2D eigenvalue weighted by molar-refractivity contribution is -0.129. The van der Waals surface area contributed by atoms with Gasteiger partial charge in [0.25, 0.3) is 5.91 Å². The molecule has 1 aromatic carbocycles. The third-order valence-electron chi connectivity index (χ3n) is 2.37. The average molecular weight is 364 g/mol. The van der Waals surface area contributed by atoms with Crippen LogP contribution in [-0.4, -0.2) is 31.0 Å². The van der Waals surface area contributed by atoms with Gasteiger partial charge in [0.05, 0.1) is 5.02 Å². The highest BCUT2D eigenvalue weighted by atomic mass is 79.9. The maximum absolute atomic E-state index is 11.6. The van der Waals surface area contributed by atoms with E-state index >= 15 is 0 Å². The van der Waals surface area contributed by atoms with Crippen LogP contribution < -0.4 is 15.4 Å². The van der Waals surface area contributed by atoms with Crippen LogP contribution in [0.2, 0.25) is 5.02 Å². The molecule has 0 saturated carbocycles. The van der Waals surface area contributed by atoms with Gasteiger partial charge in [-0.05, 0) is 32.0 Å². The molecule has 0 bridgehead atoms. The Bertz CT molecular complexity index is 497. The van der Waals surface area contributed by atoms with Crippen LogP contribution >= 0.6 is 27.5 Å². The van der Waals surface area contributed by atoms with E-state index < -0.39 is 6.04 Å². The van der Waals surface area contributed by atoms with Crippen molar-refractivity contribution in [2.75, 3.05) is 13.2 Å². The van der Waals surface area contributed by atoms with Crippen molar-refractivity contribution in [1.82, 2.24) is 10.6 Å². The van der Waals surface area contributed by atoms with Crippen LogP contribution in [0.15, 0.2) is 22.7 Å². The Morgan fingerprint density at radius 2 is 2.15 bits per heavy atom. The number of likely N-dealkylation sites (N-methyl/N-ethyl adjacent to an activating group) is 1. The summed E-state index contributed by atoms with van der Waals surface area (Å²) in [5.74, 6) is -0.207. The van der Waals surface area contributed by atoms with Crippen LogP contribution in [-0.2, 0) is 9.59 Å². The van der Waals surface area contributed by atoms with Gasteiger partial charge in [0.15, 0.2) is 6.61 Å². The van der Waals surface area contributed by atoms with E-state index in [2.05, 4.69) is 26.6 Å². The Hall–Kier alpha value is -1.27. The van der Waals surface area contributed by atoms with E-state index in [0.29, 0.717) is 17.3 Å². The molecule has 110 valence electrons. The lowest BCUT2D eigenvalue weighted by Gasteiger charge is -2.14. The summed E-state index contributed by atoms with van der Waals surface area (Å²) in [6.07, 6.45) is 0. The van der Waals surface area contributed by atoms with Gasteiger partial charge in [-0.25, -0.2) is 0 Å². The molecule has 7 heteroatoms. The minimum Gasteiger partial charge on any atom is -0.482 e. The second-order valence-corrected chi connectivity index (χ2v) is 5.37. The molecule has 0 spiro atoms. The fourth-order valence-corrected chi connectivity index (χ4v) is 2.14. The van der Waals surface area contributed by atoms with Gasteiger partial charge in [-0.15, -0.1) is 0 Å². The molecule has 0 aromatic heterocycles. The highest BCUT2D eigenvalue weighted by Crippen LogP contribution is 2.27. The second-order valence-electron chi connectivity index (χ2n) is 4.05. The predicted octanol–water partition coefficient (Wildman–Crippen LogP) is 2.12. The lowest BCUT2D eigenvalue weighted by Crippen LogP contribution is -2.46. The van der Waals surface area contributed by atoms with Crippen molar-refractivity contribution in [2.24, 2.45) is 0 Å². The largest absolute Gasteiger partial charge is 0.482 e. The van der Waals surface area contributed by atoms with Crippen LogP contribution in [0.4, 0.5) is 0 Å². The normalized spacial score (nSPS) is 11.6. The van der Waals surface area contributed by atoms with E-state index in [0.717, 1.165) is 4.47 Å². The summed E-state index contributed by atoms with van der Waals surface area (Å²) in [5.41, 5.74) is 0. The number of amides is 2. The number of rotatable bonds is 6. The van der Waals surface area contributed by atoms with Crippen molar-refractivity contribution in [3.8, 4) is 5.75 Å². The Morgan fingerprint density at radius 1 is 1.45 bits per heavy atom. The molecule has 0 aliphatic carbocycles. The van der Waals surface area contributed by atoms with Crippen LogP contribution in [0.1, 0.15) is 13.8 Å². The van der Waals surface area contributed by atoms with Gasteiger partial charge >= 0.3 is 0 Å². The molecule has 0 aliphatic rings. The molecule has 20 heavy (non-hydrogen) atoms. The number of ether oxygens (including phenoxy) is 1. The first kappa shape index (κ1) is 16.8. The van der Waals surface area contributed by atoms with Gasteiger partial charge in [0, 0.05) is 11.0 Å². The smallest absolute Gasteiger partial charge is 0.258 e. The van der Waals surface area contributed by atoms with Crippen LogP contribution in [0, 0.1) is 0 Å². The Morgan fingerprint density at radius 3 is 2.75 bits per heavy atom. The number of carbonyl (C=O) groups is 2. The van der Waals surface area contributed by atoms with Crippen molar-refractivity contribution in [3.63, 3.8) is 0 Å². The molecule has 0 saturated heterocycles. The van der Waals surface area contributed by atoms with Crippen LogP contribution in [0.3, 0.4) is 0 Å². The first-order valence-electron chi connectivity index (χ1n) is 6.09. The van der Waals surface area contributed by atoms with Gasteiger partial charge in [0.1, 0.15) is 11.8 Å². The minimum absolute atomic E-state index is 0.203. The van der Waals surface area contributed by atoms with Crippen LogP contribution in [0.25, 0.3) is 0 Å². The summed E-state index contributed by atoms with van der Waals surface area (Å²) in [4.78, 5) is 23.1. The molecular formula is C13H16BrClN2O3. The SMILES string of the molecule is CCNC(=O)[C@H](C)NC(=O)COc1ccc(Br)cc1Cl. The molecule has 0 unspecified atom stereocenters. The van der Waals surface area contributed by atoms with Gasteiger partial charge in [-0.3, -0.25) is 9.59 Å². The molecule has 2 N–H and O–H groups in total. The average Bonchev–Trinajstić information content (AvgIpc) is 2.37. The van der Waals surface area contributed by atoms with Gasteiger partial charge in [-0.1, -0.05) is 27.5 Å². The van der Waals surface area contributed by atoms with E-state index in [-0.39, 0.29) is 18.4 Å². The molecule has 0 heterocycles. The lowest BCUT2D eigenvalue weighted by atomic mass is 10.3. The first-order valence-corrected chi connectivity index (χ1v) is 7.26. The molecule has 1 rings (SSSR count). The van der Waals surface area contributed by atoms with Crippen molar-refractivity contribution in [1.29, 1.82) is 0 Å². The van der Waals surface area contributed by atoms with E-state index in [1.807, 2.05) is 6.92 Å². The molecule has 5 nitrogen and oxygen atoms in total. The van der Waals surface area contributed by atoms with E-state index in [1.54, 1.807) is 25.1 Å². The third-order valence-corrected chi connectivity index (χ3v) is 3.16. The predicted molar refractivity (Wildman–Crippen MR) is 80.9 cm³/mol. The molecule has 0 aliphatic heterocycles. The van der Waals surface area contributed by atoms with Crippen molar-refractivity contribution in [3.05, 3.63) is 27.7 Å². The summed E-state index contributed by atoms with van der Waals surface area (Å²) < 4.78 is 6.12. The van der Waals surface area contributed by atoms with Gasteiger partial charge in [-0.2, -0.15) is 0 Å². The van der Waals surface area contributed by atoms with Crippen LogP contribution in [0.5, 0.6) is 5.75 Å². The maximum Gasteiger partial charge on any atom is 0.258 e. The molecule has 0 radical (unpaired) electrons. The molecular weight excluding hydrogens is 348 g/mol. The van der Waals surface area contributed by atoms with E-state index in [9.17, 15) is 9.59 Å². The zero-order chi connectivity index (χ0) is 15.1. The monoisotopic (exact) mass is 362 g/mol. The molecule has 1 atom stereocenters. The van der Waals surface area contributed by atoms with Gasteiger partial charge < -0.3 is 15.4 Å². The van der Waals surface area contributed by atoms with E-state index in [4.69, 9.17) is 16.3 Å². The van der Waals surface area contributed by atoms with Crippen molar-refractivity contribution >= 4 is 39.3 Å². The fourth-order valence-electron chi connectivity index (χ4n) is 1.41. The highest BCUT2D eigenvalue weighted by molar-refractivity contribution is 9.10. The highest BCUT2D eigenvalue weighted by Gasteiger charge is 2.15. The van der Waals surface area contributed by atoms with Crippen molar-refractivity contribution < 1.29 is 14.3 Å². The summed E-state index contributed by atoms with van der Waals surface area (Å²) in [6.45, 7) is 3.73. The van der Waals surface area contributed by atoms with Crippen molar-refractivity contribution in [2.45, 2.75) is 19.9 Å². The topological polar surface area (TPSA) is 67.4 Å². The molecule has 0 fully saturated rings. The maximum atomic E-state index is 11.6. The number of hydrogen-bond acceptors (Lipinski definition) is 3. The number of carbonyl (C=O) groups excluding carboxylic acids is 2. The summed E-state index contributed by atoms with van der Waals surface area (Å²) in [5, 5.41) is 5.56. The molecule has 2 amide bonds. The number of hydrogen-bond donors (Lipinski definition) is 2. The minimum atomic E-state index is -0.605. The Balaban J connectivity index is 2.45. The number of nitrogens with one attached hydrogen (secondary N) is 2.